The summed E-state index contributed by atoms with van der Waals surface area (Å²) in [5.74, 6) is 6.48. The molecule has 1 unspecified atom stereocenters. The van der Waals surface area contributed by atoms with Crippen LogP contribution in [0.5, 0.6) is 0 Å². The maximum atomic E-state index is 5.57. The molecule has 1 atom stereocenters. The van der Waals surface area contributed by atoms with E-state index in [4.69, 9.17) is 10.3 Å². The van der Waals surface area contributed by atoms with Gasteiger partial charge in [-0.25, -0.2) is 5.43 Å². The zero-order chi connectivity index (χ0) is 11.5. The number of nitrogens with one attached hydrogen (secondary N) is 1. The minimum absolute atomic E-state index is 0.0283. The van der Waals surface area contributed by atoms with Crippen molar-refractivity contribution in [3.8, 4) is 0 Å². The molecule has 2 aromatic heterocycles. The van der Waals surface area contributed by atoms with Gasteiger partial charge in [0, 0.05) is 11.3 Å². The third kappa shape index (κ3) is 2.55. The van der Waals surface area contributed by atoms with Gasteiger partial charge in [-0.05, 0) is 46.6 Å². The monoisotopic (exact) mass is 300 g/mol. The Kier molecular flexibility index (Phi) is 3.81. The van der Waals surface area contributed by atoms with Gasteiger partial charge < -0.3 is 4.42 Å². The normalized spacial score (nSPS) is 12.9. The summed E-state index contributed by atoms with van der Waals surface area (Å²) in [6, 6.07) is 6.12. The average Bonchev–Trinajstić information content (AvgIpc) is 2.84. The third-order valence-corrected chi connectivity index (χ3v) is 4.10. The van der Waals surface area contributed by atoms with Crippen LogP contribution < -0.4 is 11.3 Å². The van der Waals surface area contributed by atoms with Crippen LogP contribution >= 0.6 is 27.3 Å². The van der Waals surface area contributed by atoms with Gasteiger partial charge in [0.2, 0.25) is 0 Å². The predicted molar refractivity (Wildman–Crippen MR) is 69.2 cm³/mol. The first-order chi connectivity index (χ1) is 7.70. The third-order valence-electron chi connectivity index (χ3n) is 2.45. The Balaban J connectivity index is 2.15. The Bertz CT molecular complexity index is 466. The van der Waals surface area contributed by atoms with E-state index in [-0.39, 0.29) is 6.04 Å². The molecule has 5 heteroatoms. The van der Waals surface area contributed by atoms with Crippen LogP contribution in [0.25, 0.3) is 0 Å². The van der Waals surface area contributed by atoms with Crippen molar-refractivity contribution < 1.29 is 4.42 Å². The Morgan fingerprint density at radius 2 is 2.31 bits per heavy atom. The van der Waals surface area contributed by atoms with Crippen molar-refractivity contribution in [2.75, 3.05) is 0 Å². The van der Waals surface area contributed by atoms with Crippen molar-refractivity contribution in [3.63, 3.8) is 0 Å². The summed E-state index contributed by atoms with van der Waals surface area (Å²) in [5.41, 5.74) is 3.92. The van der Waals surface area contributed by atoms with Gasteiger partial charge in [0.1, 0.15) is 5.76 Å². The van der Waals surface area contributed by atoms with E-state index in [1.807, 2.05) is 19.1 Å². The fourth-order valence-corrected chi connectivity index (χ4v) is 3.16. The number of hydrazine groups is 1. The highest BCUT2D eigenvalue weighted by molar-refractivity contribution is 9.11. The number of halogens is 1. The summed E-state index contributed by atoms with van der Waals surface area (Å²) in [4.78, 5) is 1.27. The number of hydrogen-bond acceptors (Lipinski definition) is 4. The Hall–Kier alpha value is -0.620. The molecular weight excluding hydrogens is 288 g/mol. The SMILES string of the molecule is Cc1ccoc1C(Cc1ccc(Br)s1)NN. The van der Waals surface area contributed by atoms with Crippen LogP contribution in [0.15, 0.2) is 32.7 Å². The van der Waals surface area contributed by atoms with Crippen LogP contribution in [0.4, 0.5) is 0 Å². The molecule has 0 aliphatic rings. The van der Waals surface area contributed by atoms with Gasteiger partial charge in [0.15, 0.2) is 0 Å². The predicted octanol–water partition coefficient (Wildman–Crippen LogP) is 3.16. The number of aryl methyl sites for hydroxylation is 1. The molecule has 0 saturated heterocycles. The molecule has 3 N–H and O–H groups in total. The lowest BCUT2D eigenvalue weighted by atomic mass is 10.1. The molecule has 16 heavy (non-hydrogen) atoms. The van der Waals surface area contributed by atoms with E-state index in [1.54, 1.807) is 17.6 Å². The van der Waals surface area contributed by atoms with Crippen LogP contribution in [0.3, 0.4) is 0 Å². The molecule has 0 amide bonds. The molecule has 0 saturated carbocycles. The maximum Gasteiger partial charge on any atom is 0.125 e. The topological polar surface area (TPSA) is 51.2 Å². The molecule has 0 aliphatic heterocycles. The fourth-order valence-electron chi connectivity index (χ4n) is 1.63. The molecule has 0 aliphatic carbocycles. The Morgan fingerprint density at radius 1 is 1.50 bits per heavy atom. The van der Waals surface area contributed by atoms with Crippen LogP contribution in [0.2, 0.25) is 0 Å². The summed E-state index contributed by atoms with van der Waals surface area (Å²) in [7, 11) is 0. The zero-order valence-electron chi connectivity index (χ0n) is 8.87. The molecule has 0 fully saturated rings. The first-order valence-electron chi connectivity index (χ1n) is 4.95. The largest absolute Gasteiger partial charge is 0.467 e. The van der Waals surface area contributed by atoms with E-state index in [2.05, 4.69) is 27.4 Å². The number of rotatable bonds is 4. The van der Waals surface area contributed by atoms with Crippen molar-refractivity contribution in [1.82, 2.24) is 5.43 Å². The van der Waals surface area contributed by atoms with Gasteiger partial charge in [-0.15, -0.1) is 11.3 Å². The first kappa shape index (κ1) is 11.9. The molecule has 86 valence electrons. The zero-order valence-corrected chi connectivity index (χ0v) is 11.3. The number of furan rings is 1. The van der Waals surface area contributed by atoms with Crippen molar-refractivity contribution in [1.29, 1.82) is 0 Å². The number of nitrogens with two attached hydrogens (primary N) is 1. The highest BCUT2D eigenvalue weighted by atomic mass is 79.9. The van der Waals surface area contributed by atoms with Crippen molar-refractivity contribution in [2.45, 2.75) is 19.4 Å². The van der Waals surface area contributed by atoms with Gasteiger partial charge in [0.25, 0.3) is 0 Å². The lowest BCUT2D eigenvalue weighted by Crippen LogP contribution is -2.29. The van der Waals surface area contributed by atoms with Crippen LogP contribution in [0.1, 0.15) is 22.2 Å². The average molecular weight is 301 g/mol. The van der Waals surface area contributed by atoms with E-state index in [1.165, 1.54) is 4.88 Å². The van der Waals surface area contributed by atoms with Gasteiger partial charge >= 0.3 is 0 Å². The molecule has 0 radical (unpaired) electrons. The molecule has 0 aromatic carbocycles. The molecule has 2 rings (SSSR count). The number of hydrogen-bond donors (Lipinski definition) is 2. The van der Waals surface area contributed by atoms with E-state index in [0.717, 1.165) is 21.5 Å². The second-order valence-corrected chi connectivity index (χ2v) is 6.14. The lowest BCUT2D eigenvalue weighted by molar-refractivity contribution is 0.414. The summed E-state index contributed by atoms with van der Waals surface area (Å²) in [6.07, 6.45) is 2.53. The summed E-state index contributed by atoms with van der Waals surface area (Å²) >= 11 is 5.16. The second kappa shape index (κ2) is 5.14. The van der Waals surface area contributed by atoms with Gasteiger partial charge in [-0.3, -0.25) is 5.84 Å². The minimum atomic E-state index is 0.0283. The summed E-state index contributed by atoms with van der Waals surface area (Å²) in [6.45, 7) is 2.02. The second-order valence-electron chi connectivity index (χ2n) is 3.60. The van der Waals surface area contributed by atoms with Gasteiger partial charge in [-0.2, -0.15) is 0 Å². The summed E-state index contributed by atoms with van der Waals surface area (Å²) < 4.78 is 6.58. The van der Waals surface area contributed by atoms with E-state index in [0.29, 0.717) is 0 Å². The van der Waals surface area contributed by atoms with Crippen molar-refractivity contribution in [2.24, 2.45) is 5.84 Å². The molecule has 3 nitrogen and oxygen atoms in total. The Morgan fingerprint density at radius 3 is 2.81 bits per heavy atom. The first-order valence-corrected chi connectivity index (χ1v) is 6.56. The van der Waals surface area contributed by atoms with E-state index < -0.39 is 0 Å². The van der Waals surface area contributed by atoms with Crippen LogP contribution in [0, 0.1) is 6.92 Å². The van der Waals surface area contributed by atoms with Crippen LogP contribution in [-0.2, 0) is 6.42 Å². The van der Waals surface area contributed by atoms with Crippen molar-refractivity contribution >= 4 is 27.3 Å². The number of thiophene rings is 1. The standard InChI is InChI=1S/C11H13BrN2OS/c1-7-4-5-15-11(7)9(14-13)6-8-2-3-10(12)16-8/h2-5,9,14H,6,13H2,1H3. The highest BCUT2D eigenvalue weighted by Crippen LogP contribution is 2.28. The lowest BCUT2D eigenvalue weighted by Gasteiger charge is -2.13. The van der Waals surface area contributed by atoms with Gasteiger partial charge in [0.05, 0.1) is 16.1 Å². The van der Waals surface area contributed by atoms with Gasteiger partial charge in [-0.1, -0.05) is 0 Å². The molecule has 2 heterocycles. The molecule has 0 spiro atoms. The summed E-state index contributed by atoms with van der Waals surface area (Å²) in [5, 5.41) is 0. The quantitative estimate of drug-likeness (QED) is 0.674. The minimum Gasteiger partial charge on any atom is -0.467 e. The highest BCUT2D eigenvalue weighted by Gasteiger charge is 2.16. The molecule has 0 bridgehead atoms. The smallest absolute Gasteiger partial charge is 0.125 e. The fraction of sp³-hybridized carbons (Fsp3) is 0.273. The maximum absolute atomic E-state index is 5.57. The van der Waals surface area contributed by atoms with Crippen molar-refractivity contribution in [3.05, 3.63) is 44.4 Å². The van der Waals surface area contributed by atoms with E-state index in [9.17, 15) is 0 Å². The molecule has 2 aromatic rings. The molecular formula is C11H13BrN2OS. The Labute approximate surface area is 107 Å². The van der Waals surface area contributed by atoms with Crippen LogP contribution in [-0.4, -0.2) is 0 Å². The van der Waals surface area contributed by atoms with E-state index >= 15 is 0 Å².